The first-order chi connectivity index (χ1) is 17.9. The summed E-state index contributed by atoms with van der Waals surface area (Å²) in [5, 5.41) is 56.5. The van der Waals surface area contributed by atoms with Gasteiger partial charge >= 0.3 is 0 Å². The summed E-state index contributed by atoms with van der Waals surface area (Å²) in [6.45, 7) is 2.19. The van der Waals surface area contributed by atoms with Crippen molar-refractivity contribution < 1.29 is 39.9 Å². The van der Waals surface area contributed by atoms with Gasteiger partial charge in [0.2, 0.25) is 11.7 Å². The maximum atomic E-state index is 13.9. The molecule has 3 fully saturated rings. The summed E-state index contributed by atoms with van der Waals surface area (Å²) in [6, 6.07) is 2.24. The number of ketones is 2. The lowest BCUT2D eigenvalue weighted by atomic mass is 9.53. The second-order valence-electron chi connectivity index (χ2n) is 11.1. The number of Topliss-reactive ketones (excluding diaryl/α,β-unsaturated/α-hetero) is 2. The van der Waals surface area contributed by atoms with E-state index >= 15 is 0 Å². The molecule has 1 aliphatic heterocycles. The van der Waals surface area contributed by atoms with Crippen molar-refractivity contribution in [3.63, 3.8) is 0 Å². The van der Waals surface area contributed by atoms with E-state index in [0.29, 0.717) is 17.7 Å². The standard InChI is InChI=1S/C27H34N3O8/c1-29(2)19-18-21(32)14-10-12-6-7-13(11-30-8-4-3-5-9-30)20(31)15(12)22(33)16(14)24(35)27(18,38)25(36)17(23(19)34)26(28)37/h6-7,10,14,17-19,21,23,31-34,38H,3-5,8-9,11H2,1-2H3,(H2,28,37)/t14-,17?,18-,19+,21+,23?,27+/m0/s1. The number of fused-ring (bicyclic) bond motifs is 3. The predicted octanol–water partition coefficient (Wildman–Crippen LogP) is -0.904. The van der Waals surface area contributed by atoms with Gasteiger partial charge in [0.25, 0.3) is 0 Å². The fraction of sp³-hybridized carbons (Fsp3) is 0.556. The van der Waals surface area contributed by atoms with E-state index in [1.54, 1.807) is 12.1 Å². The minimum atomic E-state index is -2.93. The van der Waals surface area contributed by atoms with Crippen LogP contribution in [0.5, 0.6) is 5.75 Å². The van der Waals surface area contributed by atoms with E-state index in [9.17, 15) is 39.9 Å². The first-order valence-electron chi connectivity index (χ1n) is 12.9. The highest BCUT2D eigenvalue weighted by molar-refractivity contribution is 6.25. The maximum absolute atomic E-state index is 13.9. The third kappa shape index (κ3) is 3.71. The van der Waals surface area contributed by atoms with Crippen LogP contribution in [0, 0.1) is 24.2 Å². The third-order valence-electron chi connectivity index (χ3n) is 8.75. The molecule has 1 heterocycles. The van der Waals surface area contributed by atoms with Crippen LogP contribution in [0.25, 0.3) is 5.76 Å². The summed E-state index contributed by atoms with van der Waals surface area (Å²) >= 11 is 0. The molecule has 2 unspecified atom stereocenters. The van der Waals surface area contributed by atoms with Crippen LogP contribution in [-0.2, 0) is 20.9 Å². The molecule has 11 heteroatoms. The zero-order valence-corrected chi connectivity index (χ0v) is 21.4. The average molecular weight is 529 g/mol. The Labute approximate surface area is 220 Å². The molecule has 1 aromatic carbocycles. The molecule has 0 aromatic heterocycles. The largest absolute Gasteiger partial charge is 0.507 e. The number of carbonyl (C=O) groups excluding carboxylic acids is 3. The molecule has 1 amide bonds. The lowest BCUT2D eigenvalue weighted by Crippen LogP contribution is -2.76. The number of rotatable bonds is 4. The van der Waals surface area contributed by atoms with Crippen molar-refractivity contribution in [1.29, 1.82) is 0 Å². The van der Waals surface area contributed by atoms with Gasteiger partial charge < -0.3 is 36.2 Å². The Bertz CT molecular complexity index is 1220. The van der Waals surface area contributed by atoms with Crippen LogP contribution in [-0.4, -0.2) is 104 Å². The summed E-state index contributed by atoms with van der Waals surface area (Å²) in [6.07, 6.45) is 1.47. The first kappa shape index (κ1) is 26.8. The number of hydrogen-bond acceptors (Lipinski definition) is 10. The maximum Gasteiger partial charge on any atom is 0.230 e. The topological polar surface area (TPSA) is 185 Å². The molecule has 1 radical (unpaired) electrons. The predicted molar refractivity (Wildman–Crippen MR) is 134 cm³/mol. The highest BCUT2D eigenvalue weighted by atomic mass is 16.3. The molecular weight excluding hydrogens is 494 g/mol. The van der Waals surface area contributed by atoms with Gasteiger partial charge in [-0.15, -0.1) is 0 Å². The van der Waals surface area contributed by atoms with Crippen molar-refractivity contribution in [1.82, 2.24) is 9.80 Å². The van der Waals surface area contributed by atoms with Crippen LogP contribution >= 0.6 is 0 Å². The van der Waals surface area contributed by atoms with Crippen LogP contribution in [0.4, 0.5) is 0 Å². The number of amides is 1. The zero-order valence-electron chi connectivity index (χ0n) is 21.4. The van der Waals surface area contributed by atoms with E-state index in [-0.39, 0.29) is 11.3 Å². The molecule has 7 N–H and O–H groups in total. The molecule has 3 aliphatic carbocycles. The number of phenols is 1. The number of hydrogen-bond donors (Lipinski definition) is 6. The van der Waals surface area contributed by atoms with Crippen molar-refractivity contribution >= 4 is 23.2 Å². The van der Waals surface area contributed by atoms with Crippen LogP contribution in [0.15, 0.2) is 17.7 Å². The number of phenolic OH excluding ortho intramolecular Hbond substituents is 1. The Balaban J connectivity index is 1.62. The number of primary amides is 1. The van der Waals surface area contributed by atoms with Crippen molar-refractivity contribution in [2.45, 2.75) is 49.7 Å². The second kappa shape index (κ2) is 9.42. The fourth-order valence-electron chi connectivity index (χ4n) is 6.90. The number of likely N-dealkylation sites (tertiary alicyclic amines) is 1. The molecule has 0 bridgehead atoms. The number of aliphatic hydroxyl groups excluding tert-OH is 3. The number of carbonyl (C=O) groups is 3. The Morgan fingerprint density at radius 3 is 2.37 bits per heavy atom. The van der Waals surface area contributed by atoms with Gasteiger partial charge in [-0.25, -0.2) is 0 Å². The SMILES string of the molecule is CN(C)[C@H]1C(O)C(C(N)=O)C(=O)[C@]2(O)C(=O)C3=C(O)c4c(ccc(CN5CCCCC5)c4O)[CH][C@@H]3[C@@H](O)[C@H]12. The quantitative estimate of drug-likeness (QED) is 0.268. The highest BCUT2D eigenvalue weighted by Crippen LogP contribution is 2.53. The molecule has 4 aliphatic rings. The number of aromatic hydroxyl groups is 1. The lowest BCUT2D eigenvalue weighted by Gasteiger charge is -2.55. The average Bonchev–Trinajstić information content (AvgIpc) is 2.86. The van der Waals surface area contributed by atoms with Crippen molar-refractivity contribution in [3.05, 3.63) is 40.8 Å². The molecule has 1 saturated heterocycles. The number of benzene rings is 1. The third-order valence-corrected chi connectivity index (χ3v) is 8.75. The summed E-state index contributed by atoms with van der Waals surface area (Å²) in [4.78, 5) is 43.0. The molecule has 7 atom stereocenters. The lowest BCUT2D eigenvalue weighted by molar-refractivity contribution is -0.197. The van der Waals surface area contributed by atoms with Gasteiger partial charge in [-0.3, -0.25) is 19.3 Å². The molecule has 11 nitrogen and oxygen atoms in total. The van der Waals surface area contributed by atoms with Gasteiger partial charge in [0.15, 0.2) is 11.4 Å². The van der Waals surface area contributed by atoms with E-state index < -0.39 is 70.4 Å². The first-order valence-corrected chi connectivity index (χ1v) is 12.9. The van der Waals surface area contributed by atoms with Crippen LogP contribution in [0.1, 0.15) is 36.0 Å². The second-order valence-corrected chi connectivity index (χ2v) is 11.1. The summed E-state index contributed by atoms with van der Waals surface area (Å²) in [5.74, 6) is -9.15. The zero-order chi connectivity index (χ0) is 27.7. The van der Waals surface area contributed by atoms with Gasteiger partial charge in [0, 0.05) is 42.0 Å². The molecule has 2 saturated carbocycles. The number of piperidine rings is 1. The normalized spacial score (nSPS) is 35.6. The van der Waals surface area contributed by atoms with Crippen molar-refractivity contribution in [3.8, 4) is 5.75 Å². The molecule has 38 heavy (non-hydrogen) atoms. The molecule has 0 spiro atoms. The highest BCUT2D eigenvalue weighted by Gasteiger charge is 2.70. The summed E-state index contributed by atoms with van der Waals surface area (Å²) < 4.78 is 0. The van der Waals surface area contributed by atoms with Gasteiger partial charge in [-0.1, -0.05) is 18.6 Å². The van der Waals surface area contributed by atoms with Gasteiger partial charge in [-0.05, 0) is 45.6 Å². The van der Waals surface area contributed by atoms with Gasteiger partial charge in [-0.2, -0.15) is 0 Å². The number of likely N-dealkylation sites (N-methyl/N-ethyl adjacent to an activating group) is 1. The van der Waals surface area contributed by atoms with E-state index in [1.807, 2.05) is 0 Å². The van der Waals surface area contributed by atoms with Crippen LogP contribution in [0.2, 0.25) is 0 Å². The summed E-state index contributed by atoms with van der Waals surface area (Å²) in [7, 11) is 3.04. The van der Waals surface area contributed by atoms with Crippen LogP contribution in [0.3, 0.4) is 0 Å². The minimum absolute atomic E-state index is 0.0211. The van der Waals surface area contributed by atoms with E-state index in [1.165, 1.54) is 25.4 Å². The van der Waals surface area contributed by atoms with Crippen molar-refractivity contribution in [2.24, 2.45) is 23.5 Å². The van der Waals surface area contributed by atoms with E-state index in [4.69, 9.17) is 5.73 Å². The molecule has 5 rings (SSSR count). The number of nitrogens with two attached hydrogens (primary N) is 1. The van der Waals surface area contributed by atoms with Crippen molar-refractivity contribution in [2.75, 3.05) is 27.2 Å². The van der Waals surface area contributed by atoms with Gasteiger partial charge in [0.05, 0.1) is 17.8 Å². The Kier molecular flexibility index (Phi) is 6.64. The van der Waals surface area contributed by atoms with Gasteiger partial charge in [0.1, 0.15) is 17.4 Å². The number of nitrogens with zero attached hydrogens (tertiary/aromatic N) is 2. The van der Waals surface area contributed by atoms with Crippen LogP contribution < -0.4 is 5.73 Å². The smallest absolute Gasteiger partial charge is 0.230 e. The Hall–Kier alpha value is -2.83. The number of aliphatic hydroxyl groups is 4. The Morgan fingerprint density at radius 2 is 1.76 bits per heavy atom. The van der Waals surface area contributed by atoms with E-state index in [2.05, 4.69) is 4.90 Å². The summed E-state index contributed by atoms with van der Waals surface area (Å²) in [5.41, 5.74) is 2.92. The fourth-order valence-corrected chi connectivity index (χ4v) is 6.90. The molecular formula is C27H34N3O8. The Morgan fingerprint density at radius 1 is 1.11 bits per heavy atom. The minimum Gasteiger partial charge on any atom is -0.507 e. The molecule has 205 valence electrons. The monoisotopic (exact) mass is 528 g/mol. The molecule has 1 aromatic rings. The van der Waals surface area contributed by atoms with E-state index in [0.717, 1.165) is 32.4 Å².